The average Bonchev–Trinajstić information content (AvgIpc) is 2.97. The van der Waals surface area contributed by atoms with E-state index in [-0.39, 0.29) is 0 Å². The van der Waals surface area contributed by atoms with Gasteiger partial charge in [0.25, 0.3) is 0 Å². The van der Waals surface area contributed by atoms with Gasteiger partial charge in [-0.15, -0.1) is 0 Å². The maximum atomic E-state index is 5.34. The molecule has 1 aromatic heterocycles. The molecule has 1 aromatic carbocycles. The van der Waals surface area contributed by atoms with Crippen molar-refractivity contribution in [3.05, 3.63) is 41.7 Å². The number of ether oxygens (including phenoxy) is 2. The number of benzene rings is 1. The second-order valence-corrected chi connectivity index (χ2v) is 6.01. The molecule has 0 aliphatic rings. The second-order valence-electron chi connectivity index (χ2n) is 6.01. The van der Waals surface area contributed by atoms with E-state index in [9.17, 15) is 0 Å². The van der Waals surface area contributed by atoms with Crippen molar-refractivity contribution in [2.24, 2.45) is 5.92 Å². The van der Waals surface area contributed by atoms with Crippen LogP contribution in [-0.2, 0) is 19.5 Å². The van der Waals surface area contributed by atoms with E-state index in [0.717, 1.165) is 37.6 Å². The summed E-state index contributed by atoms with van der Waals surface area (Å²) >= 11 is 0. The standard InChI is InChI=1S/C18H27N3O2/c1-14(2)13-21-16(8-10-20-21)12-19-9-7-15-5-6-17(22-3)18(11-15)23-4/h5-6,8,10-11,14,19H,7,9,12-13H2,1-4H3. The topological polar surface area (TPSA) is 48.3 Å². The fourth-order valence-corrected chi connectivity index (χ4v) is 2.51. The molecule has 23 heavy (non-hydrogen) atoms. The third-order valence-electron chi connectivity index (χ3n) is 3.69. The van der Waals surface area contributed by atoms with Gasteiger partial charge in [0.1, 0.15) is 0 Å². The lowest BCUT2D eigenvalue weighted by Gasteiger charge is -2.12. The van der Waals surface area contributed by atoms with E-state index >= 15 is 0 Å². The third kappa shape index (κ3) is 4.99. The summed E-state index contributed by atoms with van der Waals surface area (Å²) in [6, 6.07) is 8.13. The van der Waals surface area contributed by atoms with Gasteiger partial charge in [-0.3, -0.25) is 4.68 Å². The second kappa shape index (κ2) is 8.58. The maximum Gasteiger partial charge on any atom is 0.160 e. The number of nitrogens with one attached hydrogen (secondary N) is 1. The van der Waals surface area contributed by atoms with Gasteiger partial charge in [-0.05, 0) is 42.6 Å². The van der Waals surface area contributed by atoms with Gasteiger partial charge in [0.15, 0.2) is 11.5 Å². The number of methoxy groups -OCH3 is 2. The van der Waals surface area contributed by atoms with E-state index in [1.54, 1.807) is 14.2 Å². The first-order chi connectivity index (χ1) is 11.1. The highest BCUT2D eigenvalue weighted by Gasteiger charge is 2.06. The van der Waals surface area contributed by atoms with Crippen LogP contribution in [-0.4, -0.2) is 30.5 Å². The van der Waals surface area contributed by atoms with Crippen molar-refractivity contribution in [2.45, 2.75) is 33.4 Å². The first-order valence-corrected chi connectivity index (χ1v) is 8.06. The van der Waals surface area contributed by atoms with Crippen LogP contribution in [0.4, 0.5) is 0 Å². The van der Waals surface area contributed by atoms with E-state index in [4.69, 9.17) is 9.47 Å². The maximum absolute atomic E-state index is 5.34. The molecule has 0 atom stereocenters. The quantitative estimate of drug-likeness (QED) is 0.723. The predicted octanol–water partition coefficient (Wildman–Crippen LogP) is 2.89. The van der Waals surface area contributed by atoms with E-state index in [1.807, 2.05) is 18.3 Å². The molecule has 5 nitrogen and oxygen atoms in total. The zero-order valence-corrected chi connectivity index (χ0v) is 14.5. The Morgan fingerprint density at radius 1 is 1.13 bits per heavy atom. The Morgan fingerprint density at radius 3 is 2.61 bits per heavy atom. The molecule has 0 aliphatic carbocycles. The first kappa shape index (κ1) is 17.3. The molecule has 0 aliphatic heterocycles. The molecule has 2 rings (SSSR count). The number of hydrogen-bond donors (Lipinski definition) is 1. The van der Waals surface area contributed by atoms with Crippen LogP contribution >= 0.6 is 0 Å². The van der Waals surface area contributed by atoms with Crippen molar-refractivity contribution in [3.8, 4) is 11.5 Å². The summed E-state index contributed by atoms with van der Waals surface area (Å²) in [6.07, 6.45) is 2.81. The molecule has 1 heterocycles. The Balaban J connectivity index is 1.83. The van der Waals surface area contributed by atoms with E-state index in [2.05, 4.69) is 41.1 Å². The molecule has 1 N–H and O–H groups in total. The van der Waals surface area contributed by atoms with Crippen LogP contribution in [0.5, 0.6) is 11.5 Å². The van der Waals surface area contributed by atoms with Crippen molar-refractivity contribution in [1.29, 1.82) is 0 Å². The molecule has 0 bridgehead atoms. The molecule has 0 saturated carbocycles. The molecular formula is C18H27N3O2. The minimum Gasteiger partial charge on any atom is -0.493 e. The van der Waals surface area contributed by atoms with Gasteiger partial charge in [0, 0.05) is 19.3 Å². The van der Waals surface area contributed by atoms with Gasteiger partial charge in [-0.2, -0.15) is 5.10 Å². The monoisotopic (exact) mass is 317 g/mol. The highest BCUT2D eigenvalue weighted by atomic mass is 16.5. The molecular weight excluding hydrogens is 290 g/mol. The lowest BCUT2D eigenvalue weighted by Crippen LogP contribution is -2.20. The van der Waals surface area contributed by atoms with Crippen molar-refractivity contribution in [1.82, 2.24) is 15.1 Å². The van der Waals surface area contributed by atoms with Gasteiger partial charge in [-0.25, -0.2) is 0 Å². The summed E-state index contributed by atoms with van der Waals surface area (Å²) in [7, 11) is 3.31. The third-order valence-corrected chi connectivity index (χ3v) is 3.69. The van der Waals surface area contributed by atoms with Crippen molar-refractivity contribution < 1.29 is 9.47 Å². The Labute approximate surface area is 138 Å². The van der Waals surface area contributed by atoms with Crippen LogP contribution in [0, 0.1) is 5.92 Å². The van der Waals surface area contributed by atoms with Crippen LogP contribution < -0.4 is 14.8 Å². The summed E-state index contributed by atoms with van der Waals surface area (Å²) in [5.74, 6) is 2.14. The number of nitrogens with zero attached hydrogens (tertiary/aromatic N) is 2. The van der Waals surface area contributed by atoms with Gasteiger partial charge in [-0.1, -0.05) is 19.9 Å². The van der Waals surface area contributed by atoms with Crippen LogP contribution in [0.15, 0.2) is 30.5 Å². The predicted molar refractivity (Wildman–Crippen MR) is 92.0 cm³/mol. The zero-order chi connectivity index (χ0) is 16.7. The largest absolute Gasteiger partial charge is 0.493 e. The lowest BCUT2D eigenvalue weighted by molar-refractivity contribution is 0.354. The van der Waals surface area contributed by atoms with E-state index < -0.39 is 0 Å². The van der Waals surface area contributed by atoms with Crippen LogP contribution in [0.3, 0.4) is 0 Å². The lowest BCUT2D eigenvalue weighted by atomic mass is 10.1. The highest BCUT2D eigenvalue weighted by molar-refractivity contribution is 5.42. The minimum atomic E-state index is 0.598. The highest BCUT2D eigenvalue weighted by Crippen LogP contribution is 2.27. The summed E-state index contributed by atoms with van der Waals surface area (Å²) in [6.45, 7) is 7.11. The van der Waals surface area contributed by atoms with Crippen LogP contribution in [0.25, 0.3) is 0 Å². The van der Waals surface area contributed by atoms with Crippen LogP contribution in [0.1, 0.15) is 25.1 Å². The summed E-state index contributed by atoms with van der Waals surface area (Å²) in [5, 5.41) is 7.86. The zero-order valence-electron chi connectivity index (χ0n) is 14.5. The van der Waals surface area contributed by atoms with Crippen molar-refractivity contribution >= 4 is 0 Å². The Kier molecular flexibility index (Phi) is 6.47. The Morgan fingerprint density at radius 2 is 1.91 bits per heavy atom. The molecule has 0 spiro atoms. The Hall–Kier alpha value is -2.01. The number of aromatic nitrogens is 2. The van der Waals surface area contributed by atoms with Gasteiger partial charge in [0.05, 0.1) is 19.9 Å². The fraction of sp³-hybridized carbons (Fsp3) is 0.500. The van der Waals surface area contributed by atoms with Crippen molar-refractivity contribution in [2.75, 3.05) is 20.8 Å². The number of hydrogen-bond acceptors (Lipinski definition) is 4. The van der Waals surface area contributed by atoms with Gasteiger partial charge >= 0.3 is 0 Å². The fourth-order valence-electron chi connectivity index (χ4n) is 2.51. The van der Waals surface area contributed by atoms with Crippen LogP contribution in [0.2, 0.25) is 0 Å². The smallest absolute Gasteiger partial charge is 0.160 e. The molecule has 0 unspecified atom stereocenters. The molecule has 0 fully saturated rings. The van der Waals surface area contributed by atoms with Gasteiger partial charge in [0.2, 0.25) is 0 Å². The Bertz CT molecular complexity index is 608. The van der Waals surface area contributed by atoms with Gasteiger partial charge < -0.3 is 14.8 Å². The minimum absolute atomic E-state index is 0.598. The molecule has 0 amide bonds. The summed E-state index contributed by atoms with van der Waals surface area (Å²) in [4.78, 5) is 0. The average molecular weight is 317 g/mol. The number of rotatable bonds is 9. The molecule has 0 radical (unpaired) electrons. The first-order valence-electron chi connectivity index (χ1n) is 8.06. The molecule has 126 valence electrons. The molecule has 5 heteroatoms. The summed E-state index contributed by atoms with van der Waals surface area (Å²) < 4.78 is 12.7. The SMILES string of the molecule is COc1ccc(CCNCc2ccnn2CC(C)C)cc1OC. The van der Waals surface area contributed by atoms with Crippen molar-refractivity contribution in [3.63, 3.8) is 0 Å². The van der Waals surface area contributed by atoms with E-state index in [0.29, 0.717) is 5.92 Å². The normalized spacial score (nSPS) is 11.0. The molecule has 2 aromatic rings. The summed E-state index contributed by atoms with van der Waals surface area (Å²) in [5.41, 5.74) is 2.46. The van der Waals surface area contributed by atoms with E-state index in [1.165, 1.54) is 11.3 Å². The molecule has 0 saturated heterocycles.